The van der Waals surface area contributed by atoms with Crippen molar-refractivity contribution in [2.24, 2.45) is 0 Å². The summed E-state index contributed by atoms with van der Waals surface area (Å²) >= 11 is 0. The Bertz CT molecular complexity index is 607. The molecule has 2 amide bonds. The fourth-order valence-electron chi connectivity index (χ4n) is 1.72. The summed E-state index contributed by atoms with van der Waals surface area (Å²) in [6.45, 7) is 1.83. The van der Waals surface area contributed by atoms with Gasteiger partial charge in [0, 0.05) is 18.7 Å². The predicted molar refractivity (Wildman–Crippen MR) is 82.4 cm³/mol. The Hall–Kier alpha value is -3.08. The van der Waals surface area contributed by atoms with E-state index >= 15 is 0 Å². The summed E-state index contributed by atoms with van der Waals surface area (Å²) in [6.07, 6.45) is 5.24. The number of hydrogen-bond donors (Lipinski definition) is 1. The Morgan fingerprint density at radius 1 is 1.39 bits per heavy atom. The van der Waals surface area contributed by atoms with Gasteiger partial charge in [0.05, 0.1) is 18.1 Å². The van der Waals surface area contributed by atoms with Crippen molar-refractivity contribution in [2.45, 2.75) is 13.5 Å². The van der Waals surface area contributed by atoms with Gasteiger partial charge in [-0.3, -0.25) is 14.9 Å². The maximum absolute atomic E-state index is 12.0. The monoisotopic (exact) mass is 319 g/mol. The molecule has 0 saturated carbocycles. The van der Waals surface area contributed by atoms with Crippen LogP contribution in [0.4, 0.5) is 10.5 Å². The van der Waals surface area contributed by atoms with Gasteiger partial charge in [-0.15, -0.1) is 6.42 Å². The number of nitrogens with zero attached hydrogens (tertiary/aromatic N) is 2. The van der Waals surface area contributed by atoms with Gasteiger partial charge in [0.1, 0.15) is 6.54 Å². The molecule has 1 aromatic carbocycles. The molecule has 8 heteroatoms. The molecule has 1 aromatic rings. The van der Waals surface area contributed by atoms with Crippen molar-refractivity contribution in [1.82, 2.24) is 10.2 Å². The Balaban J connectivity index is 2.66. The van der Waals surface area contributed by atoms with Gasteiger partial charge < -0.3 is 15.0 Å². The second-order valence-electron chi connectivity index (χ2n) is 4.45. The number of benzene rings is 1. The molecule has 0 atom stereocenters. The average Bonchev–Trinajstić information content (AvgIpc) is 2.53. The number of terminal acetylenes is 1. The highest BCUT2D eigenvalue weighted by Crippen LogP contribution is 2.13. The van der Waals surface area contributed by atoms with Crippen molar-refractivity contribution in [3.63, 3.8) is 0 Å². The maximum Gasteiger partial charge on any atom is 0.325 e. The van der Waals surface area contributed by atoms with Gasteiger partial charge in [-0.1, -0.05) is 18.1 Å². The average molecular weight is 319 g/mol. The van der Waals surface area contributed by atoms with Gasteiger partial charge in [0.2, 0.25) is 0 Å². The number of non-ortho nitro benzene ring substituents is 1. The van der Waals surface area contributed by atoms with Gasteiger partial charge in [-0.2, -0.15) is 0 Å². The summed E-state index contributed by atoms with van der Waals surface area (Å²) in [5, 5.41) is 13.0. The Kier molecular flexibility index (Phi) is 7.07. The first-order chi connectivity index (χ1) is 11.0. The van der Waals surface area contributed by atoms with Crippen LogP contribution in [0.15, 0.2) is 24.3 Å². The number of hydrogen-bond acceptors (Lipinski definition) is 5. The van der Waals surface area contributed by atoms with Gasteiger partial charge in [0.25, 0.3) is 5.69 Å². The summed E-state index contributed by atoms with van der Waals surface area (Å²) in [5.41, 5.74) is 0.640. The molecule has 0 saturated heterocycles. The molecular weight excluding hydrogens is 302 g/mol. The molecule has 0 spiro atoms. The Morgan fingerprint density at radius 2 is 2.04 bits per heavy atom. The minimum atomic E-state index is -0.545. The predicted octanol–water partition coefficient (Wildman–Crippen LogP) is 1.30. The molecular formula is C15H17N3O5. The number of amides is 2. The van der Waals surface area contributed by atoms with Crippen molar-refractivity contribution >= 4 is 17.7 Å². The minimum Gasteiger partial charge on any atom is -0.465 e. The molecule has 0 radical (unpaired) electrons. The number of nitro groups is 1. The molecule has 23 heavy (non-hydrogen) atoms. The lowest BCUT2D eigenvalue weighted by Crippen LogP contribution is -2.42. The van der Waals surface area contributed by atoms with Crippen molar-refractivity contribution in [1.29, 1.82) is 0 Å². The summed E-state index contributed by atoms with van der Waals surface area (Å²) in [7, 11) is 0. The van der Waals surface area contributed by atoms with Crippen LogP contribution in [0, 0.1) is 22.5 Å². The van der Waals surface area contributed by atoms with Crippen LogP contribution in [-0.4, -0.2) is 41.5 Å². The van der Waals surface area contributed by atoms with E-state index < -0.39 is 16.9 Å². The fourth-order valence-corrected chi connectivity index (χ4v) is 1.72. The highest BCUT2D eigenvalue weighted by molar-refractivity contribution is 5.81. The highest BCUT2D eigenvalue weighted by atomic mass is 16.6. The molecule has 122 valence electrons. The summed E-state index contributed by atoms with van der Waals surface area (Å²) in [6, 6.07) is 5.26. The number of nitrogens with one attached hydrogen (secondary N) is 1. The smallest absolute Gasteiger partial charge is 0.325 e. The van der Waals surface area contributed by atoms with Gasteiger partial charge in [0.15, 0.2) is 0 Å². The molecule has 0 aliphatic heterocycles. The van der Waals surface area contributed by atoms with E-state index in [1.165, 1.54) is 17.0 Å². The van der Waals surface area contributed by atoms with Gasteiger partial charge in [-0.05, 0) is 12.5 Å². The van der Waals surface area contributed by atoms with E-state index in [-0.39, 0.29) is 31.9 Å². The first-order valence-corrected chi connectivity index (χ1v) is 6.83. The van der Waals surface area contributed by atoms with Crippen LogP contribution >= 0.6 is 0 Å². The molecule has 8 nitrogen and oxygen atoms in total. The molecule has 1 N–H and O–H groups in total. The third-order valence-electron chi connectivity index (χ3n) is 2.78. The van der Waals surface area contributed by atoms with Crippen LogP contribution in [0.5, 0.6) is 0 Å². The SMILES string of the molecule is C#CCN(Cc1ccc([N+](=O)[O-])cc1)C(=O)NCC(=O)OCC. The summed E-state index contributed by atoms with van der Waals surface area (Å²) < 4.78 is 4.71. The van der Waals surface area contributed by atoms with Crippen LogP contribution in [-0.2, 0) is 16.1 Å². The molecule has 0 fully saturated rings. The van der Waals surface area contributed by atoms with Crippen LogP contribution in [0.25, 0.3) is 0 Å². The molecule has 0 unspecified atom stereocenters. The molecule has 0 bridgehead atoms. The number of carbonyl (C=O) groups is 2. The van der Waals surface area contributed by atoms with Crippen LogP contribution in [0.3, 0.4) is 0 Å². The van der Waals surface area contributed by atoms with Gasteiger partial charge >= 0.3 is 12.0 Å². The molecule has 0 aliphatic rings. The van der Waals surface area contributed by atoms with Crippen LogP contribution in [0.1, 0.15) is 12.5 Å². The number of carbonyl (C=O) groups excluding carboxylic acids is 2. The van der Waals surface area contributed by atoms with E-state index in [0.717, 1.165) is 0 Å². The van der Waals surface area contributed by atoms with Crippen LogP contribution in [0.2, 0.25) is 0 Å². The fraction of sp³-hybridized carbons (Fsp3) is 0.333. The Morgan fingerprint density at radius 3 is 2.57 bits per heavy atom. The number of esters is 1. The van der Waals surface area contributed by atoms with E-state index in [2.05, 4.69) is 11.2 Å². The van der Waals surface area contributed by atoms with Gasteiger partial charge in [-0.25, -0.2) is 4.79 Å². The lowest BCUT2D eigenvalue weighted by molar-refractivity contribution is -0.384. The summed E-state index contributed by atoms with van der Waals surface area (Å²) in [4.78, 5) is 34.7. The molecule has 0 aromatic heterocycles. The third-order valence-corrected chi connectivity index (χ3v) is 2.78. The normalized spacial score (nSPS) is 9.57. The number of urea groups is 1. The largest absolute Gasteiger partial charge is 0.465 e. The first-order valence-electron chi connectivity index (χ1n) is 6.83. The van der Waals surface area contributed by atoms with E-state index in [1.54, 1.807) is 19.1 Å². The Labute approximate surface area is 133 Å². The standard InChI is InChI=1S/C15H17N3O5/c1-3-9-17(15(20)16-10-14(19)23-4-2)11-12-5-7-13(8-6-12)18(21)22/h1,5-8H,4,9-11H2,2H3,(H,16,20). The third kappa shape index (κ3) is 6.05. The summed E-state index contributed by atoms with van der Waals surface area (Å²) in [5.74, 6) is 1.81. The topological polar surface area (TPSA) is 102 Å². The van der Waals surface area contributed by atoms with E-state index in [1.807, 2.05) is 0 Å². The van der Waals surface area contributed by atoms with Crippen LogP contribution < -0.4 is 5.32 Å². The molecule has 1 rings (SSSR count). The zero-order valence-electron chi connectivity index (χ0n) is 12.7. The molecule has 0 heterocycles. The van der Waals surface area contributed by atoms with E-state index in [0.29, 0.717) is 5.56 Å². The van der Waals surface area contributed by atoms with Crippen molar-refractivity contribution in [2.75, 3.05) is 19.7 Å². The second-order valence-corrected chi connectivity index (χ2v) is 4.45. The van der Waals surface area contributed by atoms with Crippen molar-refractivity contribution < 1.29 is 19.2 Å². The first kappa shape index (κ1) is 18.0. The minimum absolute atomic E-state index is 0.0334. The quantitative estimate of drug-likeness (QED) is 0.353. The zero-order valence-corrected chi connectivity index (χ0v) is 12.7. The molecule has 0 aliphatic carbocycles. The lowest BCUT2D eigenvalue weighted by atomic mass is 10.2. The maximum atomic E-state index is 12.0. The number of rotatable bonds is 7. The van der Waals surface area contributed by atoms with Crippen molar-refractivity contribution in [3.05, 3.63) is 39.9 Å². The zero-order chi connectivity index (χ0) is 17.2. The van der Waals surface area contributed by atoms with E-state index in [4.69, 9.17) is 11.2 Å². The van der Waals surface area contributed by atoms with Crippen molar-refractivity contribution in [3.8, 4) is 12.3 Å². The lowest BCUT2D eigenvalue weighted by Gasteiger charge is -2.20. The second kappa shape index (κ2) is 9.04. The number of nitro benzene ring substituents is 1. The highest BCUT2D eigenvalue weighted by Gasteiger charge is 2.15. The van der Waals surface area contributed by atoms with E-state index in [9.17, 15) is 19.7 Å². The number of ether oxygens (including phenoxy) is 1.